The molecule has 2 aromatic rings. The molecule has 0 bridgehead atoms. The summed E-state index contributed by atoms with van der Waals surface area (Å²) in [5.41, 5.74) is 2.07. The van der Waals surface area contributed by atoms with Gasteiger partial charge in [0.25, 0.3) is 11.8 Å². The Kier molecular flexibility index (Phi) is 4.34. The number of ether oxygens (including phenoxy) is 1. The van der Waals surface area contributed by atoms with E-state index < -0.39 is 0 Å². The summed E-state index contributed by atoms with van der Waals surface area (Å²) >= 11 is 0. The van der Waals surface area contributed by atoms with Crippen LogP contribution in [0.25, 0.3) is 0 Å². The van der Waals surface area contributed by atoms with Crippen LogP contribution in [0, 0.1) is 5.92 Å². The molecule has 0 aromatic heterocycles. The molecule has 1 atom stereocenters. The molecule has 2 aromatic carbocycles. The molecule has 1 fully saturated rings. The maximum absolute atomic E-state index is 12.8. The van der Waals surface area contributed by atoms with Crippen molar-refractivity contribution in [3.05, 3.63) is 59.7 Å². The molecular formula is C20H20N2O4. The topological polar surface area (TPSA) is 87.7 Å². The smallest absolute Gasteiger partial charge is 0.262 e. The van der Waals surface area contributed by atoms with Gasteiger partial charge in [-0.05, 0) is 42.5 Å². The Morgan fingerprint density at radius 3 is 2.69 bits per heavy atom. The number of amides is 2. The first-order valence-corrected chi connectivity index (χ1v) is 8.71. The van der Waals surface area contributed by atoms with Gasteiger partial charge in [-0.15, -0.1) is 0 Å². The first-order chi connectivity index (χ1) is 12.6. The minimum Gasteiger partial charge on any atom is -0.482 e. The molecule has 2 amide bonds. The maximum Gasteiger partial charge on any atom is 0.262 e. The summed E-state index contributed by atoms with van der Waals surface area (Å²) in [6.45, 7) is -0.0509. The van der Waals surface area contributed by atoms with Crippen molar-refractivity contribution in [3.63, 3.8) is 0 Å². The van der Waals surface area contributed by atoms with Gasteiger partial charge in [0.1, 0.15) is 5.75 Å². The lowest BCUT2D eigenvalue weighted by atomic mass is 9.75. The highest BCUT2D eigenvalue weighted by atomic mass is 16.5. The highest BCUT2D eigenvalue weighted by molar-refractivity contribution is 5.99. The third-order valence-electron chi connectivity index (χ3n) is 4.94. The van der Waals surface area contributed by atoms with E-state index in [0.717, 1.165) is 5.56 Å². The number of carbonyl (C=O) groups is 2. The van der Waals surface area contributed by atoms with E-state index in [1.54, 1.807) is 18.2 Å². The Hall–Kier alpha value is -2.86. The number of rotatable bonds is 4. The van der Waals surface area contributed by atoms with Crippen LogP contribution in [0.4, 0.5) is 5.69 Å². The van der Waals surface area contributed by atoms with Crippen LogP contribution in [-0.2, 0) is 4.79 Å². The monoisotopic (exact) mass is 352 g/mol. The number of nitrogens with one attached hydrogen (secondary N) is 2. The summed E-state index contributed by atoms with van der Waals surface area (Å²) in [6.07, 6.45) is 1.07. The average molecular weight is 352 g/mol. The van der Waals surface area contributed by atoms with Gasteiger partial charge in [-0.25, -0.2) is 0 Å². The molecule has 4 rings (SSSR count). The molecule has 6 heteroatoms. The zero-order valence-electron chi connectivity index (χ0n) is 14.1. The van der Waals surface area contributed by atoms with Crippen molar-refractivity contribution < 1.29 is 19.4 Å². The van der Waals surface area contributed by atoms with Crippen molar-refractivity contribution in [1.29, 1.82) is 0 Å². The van der Waals surface area contributed by atoms with Crippen LogP contribution in [0.15, 0.2) is 48.5 Å². The van der Waals surface area contributed by atoms with E-state index in [4.69, 9.17) is 4.74 Å². The lowest BCUT2D eigenvalue weighted by Gasteiger charge is -2.38. The minimum absolute atomic E-state index is 0.0509. The zero-order valence-corrected chi connectivity index (χ0v) is 14.1. The highest BCUT2D eigenvalue weighted by Gasteiger charge is 2.35. The lowest BCUT2D eigenvalue weighted by molar-refractivity contribution is -0.118. The van der Waals surface area contributed by atoms with Gasteiger partial charge in [-0.2, -0.15) is 0 Å². The molecule has 0 saturated heterocycles. The first kappa shape index (κ1) is 16.6. The Morgan fingerprint density at radius 1 is 1.19 bits per heavy atom. The van der Waals surface area contributed by atoms with E-state index in [9.17, 15) is 14.7 Å². The fourth-order valence-corrected chi connectivity index (χ4v) is 3.48. The van der Waals surface area contributed by atoms with Gasteiger partial charge in [0.2, 0.25) is 0 Å². The van der Waals surface area contributed by atoms with Gasteiger partial charge in [-0.3, -0.25) is 9.59 Å². The van der Waals surface area contributed by atoms with Crippen molar-refractivity contribution in [2.45, 2.75) is 25.0 Å². The number of aliphatic hydroxyl groups is 1. The van der Waals surface area contributed by atoms with Crippen LogP contribution in [0.3, 0.4) is 0 Å². The molecular weight excluding hydrogens is 332 g/mol. The number of hydrogen-bond acceptors (Lipinski definition) is 4. The number of fused-ring (bicyclic) bond motifs is 1. The number of anilines is 1. The normalized spacial score (nSPS) is 22.3. The van der Waals surface area contributed by atoms with E-state index in [0.29, 0.717) is 29.8 Å². The summed E-state index contributed by atoms with van der Waals surface area (Å²) in [6, 6.07) is 14.6. The van der Waals surface area contributed by atoms with E-state index in [1.807, 2.05) is 30.3 Å². The molecule has 0 unspecified atom stereocenters. The maximum atomic E-state index is 12.8. The predicted octanol–water partition coefficient (Wildman–Crippen LogP) is 2.26. The second-order valence-electron chi connectivity index (χ2n) is 6.79. The number of benzene rings is 2. The summed E-state index contributed by atoms with van der Waals surface area (Å²) < 4.78 is 5.38. The minimum atomic E-state index is -0.288. The molecule has 6 nitrogen and oxygen atoms in total. The quantitative estimate of drug-likeness (QED) is 0.788. The molecule has 1 heterocycles. The van der Waals surface area contributed by atoms with Crippen LogP contribution in [0.5, 0.6) is 5.75 Å². The molecule has 1 aliphatic carbocycles. The van der Waals surface area contributed by atoms with E-state index in [2.05, 4.69) is 10.6 Å². The molecule has 26 heavy (non-hydrogen) atoms. The van der Waals surface area contributed by atoms with Gasteiger partial charge >= 0.3 is 0 Å². The summed E-state index contributed by atoms with van der Waals surface area (Å²) in [5, 5.41) is 15.5. The summed E-state index contributed by atoms with van der Waals surface area (Å²) in [7, 11) is 0. The van der Waals surface area contributed by atoms with E-state index in [-0.39, 0.29) is 36.5 Å². The van der Waals surface area contributed by atoms with Crippen molar-refractivity contribution in [2.24, 2.45) is 5.92 Å². The number of carbonyl (C=O) groups excluding carboxylic acids is 2. The molecule has 0 radical (unpaired) electrons. The molecule has 1 aliphatic heterocycles. The molecule has 2 aliphatic rings. The molecule has 134 valence electrons. The van der Waals surface area contributed by atoms with Crippen LogP contribution in [0.2, 0.25) is 0 Å². The standard InChI is InChI=1S/C20H20N2O4/c23-15-8-14(9-15)19(12-4-2-1-3-5-12)22-20(25)13-6-7-16-17(10-13)26-11-18(24)21-16/h1-7,10,14-15,19,23H,8-9,11H2,(H,21,24)(H,22,25)/t14?,15?,19-/m1/s1. The van der Waals surface area contributed by atoms with Crippen LogP contribution >= 0.6 is 0 Å². The van der Waals surface area contributed by atoms with Gasteiger partial charge in [-0.1, -0.05) is 30.3 Å². The second-order valence-corrected chi connectivity index (χ2v) is 6.79. The van der Waals surface area contributed by atoms with E-state index >= 15 is 0 Å². The summed E-state index contributed by atoms with van der Waals surface area (Å²) in [4.78, 5) is 24.1. The van der Waals surface area contributed by atoms with Crippen molar-refractivity contribution >= 4 is 17.5 Å². The van der Waals surface area contributed by atoms with Gasteiger partial charge in [0.15, 0.2) is 6.61 Å². The fraction of sp³-hybridized carbons (Fsp3) is 0.300. The van der Waals surface area contributed by atoms with Crippen molar-refractivity contribution in [3.8, 4) is 5.75 Å². The zero-order chi connectivity index (χ0) is 18.1. The van der Waals surface area contributed by atoms with Crippen LogP contribution in [0.1, 0.15) is 34.8 Å². The van der Waals surface area contributed by atoms with Gasteiger partial charge in [0, 0.05) is 5.56 Å². The third kappa shape index (κ3) is 3.28. The van der Waals surface area contributed by atoms with E-state index in [1.165, 1.54) is 0 Å². The average Bonchev–Trinajstić information content (AvgIpc) is 2.64. The highest BCUT2D eigenvalue weighted by Crippen LogP contribution is 2.38. The largest absolute Gasteiger partial charge is 0.482 e. The number of hydrogen-bond donors (Lipinski definition) is 3. The molecule has 3 N–H and O–H groups in total. The van der Waals surface area contributed by atoms with Gasteiger partial charge < -0.3 is 20.5 Å². The Bertz CT molecular complexity index is 831. The Morgan fingerprint density at radius 2 is 1.96 bits per heavy atom. The van der Waals surface area contributed by atoms with Crippen molar-refractivity contribution in [2.75, 3.05) is 11.9 Å². The third-order valence-corrected chi connectivity index (χ3v) is 4.94. The predicted molar refractivity (Wildman–Crippen MR) is 95.9 cm³/mol. The molecule has 1 saturated carbocycles. The van der Waals surface area contributed by atoms with Gasteiger partial charge in [0.05, 0.1) is 17.8 Å². The molecule has 0 spiro atoms. The van der Waals surface area contributed by atoms with Crippen molar-refractivity contribution in [1.82, 2.24) is 5.32 Å². The second kappa shape index (κ2) is 6.80. The Labute approximate surface area is 151 Å². The van der Waals surface area contributed by atoms with Crippen LogP contribution < -0.4 is 15.4 Å². The summed E-state index contributed by atoms with van der Waals surface area (Å²) in [5.74, 6) is 0.294. The fourth-order valence-electron chi connectivity index (χ4n) is 3.48. The SMILES string of the molecule is O=C1COc2cc(C(=O)N[C@H](c3ccccc3)C3CC(O)C3)ccc2N1. The first-order valence-electron chi connectivity index (χ1n) is 8.71. The van der Waals surface area contributed by atoms with Crippen LogP contribution in [-0.4, -0.2) is 29.6 Å². The number of aliphatic hydroxyl groups excluding tert-OH is 1. The Balaban J connectivity index is 1.54. The lowest BCUT2D eigenvalue weighted by Crippen LogP contribution is -2.41.